The Balaban J connectivity index is 1.04. The van der Waals surface area contributed by atoms with E-state index >= 15 is 0 Å². The Morgan fingerprint density at radius 1 is 0.377 bits per heavy atom. The minimum absolute atomic E-state index is 0.126. The summed E-state index contributed by atoms with van der Waals surface area (Å²) >= 11 is 0. The molecule has 0 saturated carbocycles. The largest absolute Gasteiger partial charge is 0.449 e. The van der Waals surface area contributed by atoms with Gasteiger partial charge in [-0.1, -0.05) is 159 Å². The number of nitrogens with zero attached hydrogens (tertiary/aromatic N) is 3. The first-order chi connectivity index (χ1) is 26.0. The maximum atomic E-state index is 6.68. The van der Waals surface area contributed by atoms with E-state index in [0.29, 0.717) is 34.7 Å². The Hall–Kier alpha value is -6.85. The molecule has 0 N–H and O–H groups in total. The van der Waals surface area contributed by atoms with Gasteiger partial charge in [-0.3, -0.25) is 0 Å². The summed E-state index contributed by atoms with van der Waals surface area (Å²) in [7, 11) is 0. The number of fused-ring (bicyclic) bond motifs is 6. The Labute approximate surface area is 308 Å². The van der Waals surface area contributed by atoms with Crippen molar-refractivity contribution < 1.29 is 9.47 Å². The minimum Gasteiger partial charge on any atom is -0.449 e. The summed E-state index contributed by atoms with van der Waals surface area (Å²) in [6.07, 6.45) is 0. The third-order valence-corrected chi connectivity index (χ3v) is 10.4. The molecule has 0 unspecified atom stereocenters. The van der Waals surface area contributed by atoms with Crippen LogP contribution in [0, 0.1) is 0 Å². The van der Waals surface area contributed by atoms with E-state index in [0.717, 1.165) is 50.3 Å². The van der Waals surface area contributed by atoms with Crippen molar-refractivity contribution >= 4 is 0 Å². The van der Waals surface area contributed by atoms with Gasteiger partial charge in [-0.25, -0.2) is 15.0 Å². The van der Waals surface area contributed by atoms with Crippen LogP contribution in [0.1, 0.15) is 25.0 Å². The van der Waals surface area contributed by atoms with Crippen LogP contribution < -0.4 is 9.47 Å². The van der Waals surface area contributed by atoms with Crippen molar-refractivity contribution in [3.63, 3.8) is 0 Å². The first-order valence-electron chi connectivity index (χ1n) is 17.9. The minimum atomic E-state index is -0.126. The third-order valence-electron chi connectivity index (χ3n) is 10.4. The predicted molar refractivity (Wildman–Crippen MR) is 211 cm³/mol. The highest BCUT2D eigenvalue weighted by Gasteiger charge is 2.39. The van der Waals surface area contributed by atoms with Crippen molar-refractivity contribution in [2.24, 2.45) is 0 Å². The lowest BCUT2D eigenvalue weighted by atomic mass is 9.82. The fraction of sp³-hybridized carbons (Fsp3) is 0.0625. The van der Waals surface area contributed by atoms with Crippen LogP contribution >= 0.6 is 0 Å². The molecule has 252 valence electrons. The molecule has 0 radical (unpaired) electrons. The lowest BCUT2D eigenvalue weighted by Gasteiger charge is -2.25. The van der Waals surface area contributed by atoms with Gasteiger partial charge < -0.3 is 9.47 Å². The van der Waals surface area contributed by atoms with Crippen LogP contribution in [0.15, 0.2) is 164 Å². The fourth-order valence-electron chi connectivity index (χ4n) is 7.71. The summed E-state index contributed by atoms with van der Waals surface area (Å²) in [6, 6.07) is 56.0. The summed E-state index contributed by atoms with van der Waals surface area (Å²) in [6.45, 7) is 4.54. The topological polar surface area (TPSA) is 57.1 Å². The van der Waals surface area contributed by atoms with Gasteiger partial charge in [-0.05, 0) is 57.1 Å². The van der Waals surface area contributed by atoms with Gasteiger partial charge >= 0.3 is 0 Å². The van der Waals surface area contributed by atoms with Crippen LogP contribution in [-0.4, -0.2) is 15.0 Å². The highest BCUT2D eigenvalue weighted by molar-refractivity contribution is 5.89. The van der Waals surface area contributed by atoms with Gasteiger partial charge in [0, 0.05) is 27.7 Å². The monoisotopic (exact) mass is 683 g/mol. The Morgan fingerprint density at radius 3 is 1.64 bits per heavy atom. The van der Waals surface area contributed by atoms with Crippen LogP contribution in [0.3, 0.4) is 0 Å². The molecule has 5 heteroatoms. The second-order valence-corrected chi connectivity index (χ2v) is 14.0. The average molecular weight is 684 g/mol. The molecule has 8 aromatic rings. The number of hydrogen-bond donors (Lipinski definition) is 0. The second kappa shape index (κ2) is 12.1. The molecule has 1 aliphatic carbocycles. The van der Waals surface area contributed by atoms with Crippen molar-refractivity contribution in [2.75, 3.05) is 0 Å². The van der Waals surface area contributed by atoms with Crippen molar-refractivity contribution in [3.05, 3.63) is 175 Å². The molecule has 0 amide bonds. The van der Waals surface area contributed by atoms with Crippen molar-refractivity contribution in [2.45, 2.75) is 19.3 Å². The van der Waals surface area contributed by atoms with E-state index in [-0.39, 0.29) is 5.41 Å². The van der Waals surface area contributed by atoms with Gasteiger partial charge in [-0.2, -0.15) is 0 Å². The molecule has 1 aliphatic heterocycles. The van der Waals surface area contributed by atoms with Gasteiger partial charge in [0.25, 0.3) is 0 Å². The lowest BCUT2D eigenvalue weighted by molar-refractivity contribution is 0.360. The Kier molecular flexibility index (Phi) is 7.08. The molecule has 0 bridgehead atoms. The number of hydrogen-bond acceptors (Lipinski definition) is 5. The van der Waals surface area contributed by atoms with E-state index < -0.39 is 0 Å². The quantitative estimate of drug-likeness (QED) is 0.181. The molecular weight excluding hydrogens is 651 g/mol. The smallest absolute Gasteiger partial charge is 0.178 e. The summed E-state index contributed by atoms with van der Waals surface area (Å²) < 4.78 is 13.3. The summed E-state index contributed by atoms with van der Waals surface area (Å²) in [5, 5.41) is 0. The first kappa shape index (κ1) is 30.9. The highest BCUT2D eigenvalue weighted by atomic mass is 16.6. The van der Waals surface area contributed by atoms with Crippen LogP contribution in [0.2, 0.25) is 0 Å². The molecule has 1 aromatic heterocycles. The highest BCUT2D eigenvalue weighted by Crippen LogP contribution is 2.58. The van der Waals surface area contributed by atoms with Gasteiger partial charge in [0.05, 0.1) is 0 Å². The number of ether oxygens (including phenoxy) is 2. The van der Waals surface area contributed by atoms with Gasteiger partial charge in [-0.15, -0.1) is 0 Å². The van der Waals surface area contributed by atoms with Crippen LogP contribution in [0.25, 0.3) is 67.5 Å². The lowest BCUT2D eigenvalue weighted by Crippen LogP contribution is -2.15. The van der Waals surface area contributed by atoms with E-state index in [1.807, 2.05) is 66.7 Å². The zero-order valence-corrected chi connectivity index (χ0v) is 29.2. The number of rotatable bonds is 5. The van der Waals surface area contributed by atoms with E-state index in [1.165, 1.54) is 16.7 Å². The molecule has 0 fully saturated rings. The average Bonchev–Trinajstić information content (AvgIpc) is 3.46. The van der Waals surface area contributed by atoms with E-state index in [9.17, 15) is 0 Å². The zero-order valence-electron chi connectivity index (χ0n) is 29.2. The zero-order chi connectivity index (χ0) is 35.5. The summed E-state index contributed by atoms with van der Waals surface area (Å²) in [5.74, 6) is 4.64. The molecule has 2 heterocycles. The van der Waals surface area contributed by atoms with Crippen LogP contribution in [0.5, 0.6) is 23.0 Å². The SMILES string of the molecule is CC1(C)c2ccccc2-c2c1ccc1c2Oc2ccc(-c3ccccc3-c3nc(-c4ccccc4)nc(-c4ccc(-c5ccccc5)cc4)n3)cc2O1. The van der Waals surface area contributed by atoms with Crippen LogP contribution in [0.4, 0.5) is 0 Å². The fourth-order valence-corrected chi connectivity index (χ4v) is 7.71. The van der Waals surface area contributed by atoms with Crippen molar-refractivity contribution in [1.29, 1.82) is 0 Å². The van der Waals surface area contributed by atoms with Gasteiger partial charge in [0.2, 0.25) is 0 Å². The molecule has 0 atom stereocenters. The number of benzene rings is 7. The molecule has 2 aliphatic rings. The van der Waals surface area contributed by atoms with Gasteiger partial charge in [0.1, 0.15) is 0 Å². The predicted octanol–water partition coefficient (Wildman–Crippen LogP) is 12.4. The number of aromatic nitrogens is 3. The molecule has 5 nitrogen and oxygen atoms in total. The molecule has 53 heavy (non-hydrogen) atoms. The van der Waals surface area contributed by atoms with E-state index in [2.05, 4.69) is 111 Å². The molecular formula is C48H33N3O2. The molecule has 7 aromatic carbocycles. The van der Waals surface area contributed by atoms with Crippen LogP contribution in [-0.2, 0) is 5.41 Å². The second-order valence-electron chi connectivity index (χ2n) is 14.0. The Morgan fingerprint density at radius 2 is 0.906 bits per heavy atom. The third kappa shape index (κ3) is 5.20. The normalized spacial score (nSPS) is 13.2. The van der Waals surface area contributed by atoms with Gasteiger partial charge in [0.15, 0.2) is 40.5 Å². The Bertz CT molecular complexity index is 2690. The van der Waals surface area contributed by atoms with Crippen molar-refractivity contribution in [1.82, 2.24) is 15.0 Å². The summed E-state index contributed by atoms with van der Waals surface area (Å²) in [4.78, 5) is 15.1. The first-order valence-corrected chi connectivity index (χ1v) is 17.9. The molecule has 0 spiro atoms. The maximum absolute atomic E-state index is 6.68. The van der Waals surface area contributed by atoms with Crippen molar-refractivity contribution in [3.8, 4) is 90.5 Å². The maximum Gasteiger partial charge on any atom is 0.178 e. The summed E-state index contributed by atoms with van der Waals surface area (Å²) in [5.41, 5.74) is 11.7. The van der Waals surface area contributed by atoms with E-state index in [1.54, 1.807) is 0 Å². The molecule has 0 saturated heterocycles. The van der Waals surface area contributed by atoms with E-state index in [4.69, 9.17) is 24.4 Å². The molecule has 10 rings (SSSR count). The standard InChI is InChI=1S/C48H33N3O2/c1-48(2)38-20-12-11-19-37(38)43-39(48)26-28-41-44(43)53-40-27-25-34(29-42(40)52-41)35-17-9-10-18-36(35)47-50-45(32-15-7-4-8-16-32)49-46(51-47)33-23-21-31(22-24-33)30-13-5-3-6-14-30/h3-29H,1-2H3.